The summed E-state index contributed by atoms with van der Waals surface area (Å²) in [5, 5.41) is 0. The summed E-state index contributed by atoms with van der Waals surface area (Å²) in [6.07, 6.45) is 0. The molecule has 0 spiro atoms. The number of halogens is 2. The zero-order valence-electron chi connectivity index (χ0n) is 8.34. The van der Waals surface area contributed by atoms with E-state index in [1.807, 2.05) is 0 Å². The van der Waals surface area contributed by atoms with Crippen molar-refractivity contribution in [2.75, 3.05) is 14.2 Å². The van der Waals surface area contributed by atoms with E-state index in [4.69, 9.17) is 16.3 Å². The second kappa shape index (κ2) is 4.98. The predicted octanol–water partition coefficient (Wildman–Crippen LogP) is 2.36. The first kappa shape index (κ1) is 11.8. The second-order valence-corrected chi connectivity index (χ2v) is 3.04. The number of hydrogen-bond acceptors (Lipinski definition) is 3. The van der Waals surface area contributed by atoms with E-state index in [1.54, 1.807) is 0 Å². The SMILES string of the molecule is COC(=O)c1cc(F)c(CCl)cc1OC. The Morgan fingerprint density at radius 3 is 2.60 bits per heavy atom. The zero-order chi connectivity index (χ0) is 11.4. The van der Waals surface area contributed by atoms with Crippen LogP contribution in [0.5, 0.6) is 5.75 Å². The first-order valence-electron chi connectivity index (χ1n) is 4.14. The van der Waals surface area contributed by atoms with Gasteiger partial charge in [0.25, 0.3) is 0 Å². The lowest BCUT2D eigenvalue weighted by molar-refractivity contribution is 0.0596. The third-order valence-electron chi connectivity index (χ3n) is 1.92. The normalized spacial score (nSPS) is 9.87. The Morgan fingerprint density at radius 2 is 2.13 bits per heavy atom. The maximum atomic E-state index is 13.3. The number of esters is 1. The van der Waals surface area contributed by atoms with Crippen LogP contribution in [0.2, 0.25) is 0 Å². The molecular formula is C10H10ClFO3. The van der Waals surface area contributed by atoms with E-state index in [0.29, 0.717) is 0 Å². The molecule has 0 bridgehead atoms. The fourth-order valence-corrected chi connectivity index (χ4v) is 1.34. The summed E-state index contributed by atoms with van der Waals surface area (Å²) in [4.78, 5) is 11.2. The highest BCUT2D eigenvalue weighted by Gasteiger charge is 2.16. The molecule has 0 atom stereocenters. The molecule has 0 heterocycles. The number of hydrogen-bond donors (Lipinski definition) is 0. The molecule has 0 aliphatic carbocycles. The number of alkyl halides is 1. The Kier molecular flexibility index (Phi) is 3.91. The molecule has 82 valence electrons. The van der Waals surface area contributed by atoms with Crippen molar-refractivity contribution in [3.05, 3.63) is 29.1 Å². The van der Waals surface area contributed by atoms with E-state index in [1.165, 1.54) is 20.3 Å². The Bertz CT molecular complexity index is 379. The molecule has 0 fully saturated rings. The van der Waals surface area contributed by atoms with Gasteiger partial charge in [0.1, 0.15) is 17.1 Å². The van der Waals surface area contributed by atoms with Crippen molar-refractivity contribution in [2.45, 2.75) is 5.88 Å². The summed E-state index contributed by atoms with van der Waals surface area (Å²) in [7, 11) is 2.60. The first-order valence-corrected chi connectivity index (χ1v) is 4.68. The average Bonchev–Trinajstić information content (AvgIpc) is 2.27. The number of carbonyl (C=O) groups is 1. The predicted molar refractivity (Wildman–Crippen MR) is 53.8 cm³/mol. The number of methoxy groups -OCH3 is 2. The van der Waals surface area contributed by atoms with Crippen LogP contribution in [0.25, 0.3) is 0 Å². The summed E-state index contributed by atoms with van der Waals surface area (Å²) in [5.74, 6) is -0.930. The van der Waals surface area contributed by atoms with Crippen LogP contribution >= 0.6 is 11.6 Å². The van der Waals surface area contributed by atoms with Gasteiger partial charge in [-0.25, -0.2) is 9.18 Å². The van der Waals surface area contributed by atoms with Crippen molar-refractivity contribution in [3.63, 3.8) is 0 Å². The van der Waals surface area contributed by atoms with Crippen molar-refractivity contribution < 1.29 is 18.7 Å². The molecule has 15 heavy (non-hydrogen) atoms. The van der Waals surface area contributed by atoms with Crippen LogP contribution in [0, 0.1) is 5.82 Å². The minimum atomic E-state index is -0.646. The van der Waals surface area contributed by atoms with Gasteiger partial charge in [0.05, 0.1) is 20.1 Å². The number of rotatable bonds is 3. The van der Waals surface area contributed by atoms with Gasteiger partial charge in [-0.1, -0.05) is 0 Å². The number of carbonyl (C=O) groups excluding carboxylic acids is 1. The Labute approximate surface area is 91.7 Å². The van der Waals surface area contributed by atoms with Gasteiger partial charge in [-0.05, 0) is 12.1 Å². The minimum Gasteiger partial charge on any atom is -0.496 e. The molecule has 1 aromatic carbocycles. The third kappa shape index (κ3) is 2.39. The highest BCUT2D eigenvalue weighted by atomic mass is 35.5. The lowest BCUT2D eigenvalue weighted by Crippen LogP contribution is -2.06. The summed E-state index contributed by atoms with van der Waals surface area (Å²) in [5.41, 5.74) is 0.326. The molecule has 0 radical (unpaired) electrons. The maximum Gasteiger partial charge on any atom is 0.341 e. The molecule has 0 aromatic heterocycles. The van der Waals surface area contributed by atoms with Gasteiger partial charge in [0.15, 0.2) is 0 Å². The molecule has 0 amide bonds. The summed E-state index contributed by atoms with van der Waals surface area (Å²) >= 11 is 5.52. The van der Waals surface area contributed by atoms with Gasteiger partial charge in [-0.2, -0.15) is 0 Å². The molecule has 0 aliphatic heterocycles. The maximum absolute atomic E-state index is 13.3. The van der Waals surface area contributed by atoms with Crippen molar-refractivity contribution in [3.8, 4) is 5.75 Å². The molecule has 5 heteroatoms. The topological polar surface area (TPSA) is 35.5 Å². The fourth-order valence-electron chi connectivity index (χ4n) is 1.14. The van der Waals surface area contributed by atoms with Gasteiger partial charge in [-0.15, -0.1) is 11.6 Å². The largest absolute Gasteiger partial charge is 0.496 e. The van der Waals surface area contributed by atoms with E-state index >= 15 is 0 Å². The van der Waals surface area contributed by atoms with Crippen LogP contribution in [0.1, 0.15) is 15.9 Å². The first-order chi connectivity index (χ1) is 7.13. The molecule has 0 N–H and O–H groups in total. The van der Waals surface area contributed by atoms with E-state index < -0.39 is 11.8 Å². The summed E-state index contributed by atoms with van der Waals surface area (Å²) < 4.78 is 22.7. The molecule has 0 aliphatic rings. The van der Waals surface area contributed by atoms with Crippen LogP contribution < -0.4 is 4.74 Å². The molecule has 1 rings (SSSR count). The molecule has 1 aromatic rings. The monoisotopic (exact) mass is 232 g/mol. The van der Waals surface area contributed by atoms with Gasteiger partial charge in [0.2, 0.25) is 0 Å². The van der Waals surface area contributed by atoms with E-state index in [9.17, 15) is 9.18 Å². The summed E-state index contributed by atoms with van der Waals surface area (Å²) in [6.45, 7) is 0. The van der Waals surface area contributed by atoms with E-state index in [0.717, 1.165) is 6.07 Å². The molecule has 0 saturated carbocycles. The van der Waals surface area contributed by atoms with Crippen LogP contribution in [-0.4, -0.2) is 20.2 Å². The van der Waals surface area contributed by atoms with Crippen molar-refractivity contribution in [1.29, 1.82) is 0 Å². The highest BCUT2D eigenvalue weighted by Crippen LogP contribution is 2.24. The Morgan fingerprint density at radius 1 is 1.47 bits per heavy atom. The van der Waals surface area contributed by atoms with Crippen molar-refractivity contribution in [1.82, 2.24) is 0 Å². The smallest absolute Gasteiger partial charge is 0.341 e. The van der Waals surface area contributed by atoms with Gasteiger partial charge in [0, 0.05) is 5.56 Å². The summed E-state index contributed by atoms with van der Waals surface area (Å²) in [6, 6.07) is 2.44. The fraction of sp³-hybridized carbons (Fsp3) is 0.300. The minimum absolute atomic E-state index is 0.0175. The Hall–Kier alpha value is -1.29. The van der Waals surface area contributed by atoms with Crippen molar-refractivity contribution >= 4 is 17.6 Å². The average molecular weight is 233 g/mol. The Balaban J connectivity index is 3.27. The third-order valence-corrected chi connectivity index (χ3v) is 2.21. The quantitative estimate of drug-likeness (QED) is 0.593. The molecule has 3 nitrogen and oxygen atoms in total. The van der Waals surface area contributed by atoms with Crippen molar-refractivity contribution in [2.24, 2.45) is 0 Å². The van der Waals surface area contributed by atoms with Crippen LogP contribution in [-0.2, 0) is 10.6 Å². The van der Waals surface area contributed by atoms with E-state index in [2.05, 4.69) is 4.74 Å². The van der Waals surface area contributed by atoms with Crippen LogP contribution in [0.3, 0.4) is 0 Å². The lowest BCUT2D eigenvalue weighted by atomic mass is 10.1. The second-order valence-electron chi connectivity index (χ2n) is 2.77. The highest BCUT2D eigenvalue weighted by molar-refractivity contribution is 6.17. The van der Waals surface area contributed by atoms with Crippen LogP contribution in [0.15, 0.2) is 12.1 Å². The van der Waals surface area contributed by atoms with Gasteiger partial charge in [-0.3, -0.25) is 0 Å². The molecular weight excluding hydrogens is 223 g/mol. The standard InChI is InChI=1S/C10H10ClFO3/c1-14-9-3-6(5-11)8(12)4-7(9)10(13)15-2/h3-4H,5H2,1-2H3. The number of ether oxygens (including phenoxy) is 2. The number of benzene rings is 1. The molecule has 0 saturated heterocycles. The lowest BCUT2D eigenvalue weighted by Gasteiger charge is -2.08. The van der Waals surface area contributed by atoms with Gasteiger partial charge >= 0.3 is 5.97 Å². The van der Waals surface area contributed by atoms with Crippen LogP contribution in [0.4, 0.5) is 4.39 Å². The van der Waals surface area contributed by atoms with E-state index in [-0.39, 0.29) is 22.8 Å². The van der Waals surface area contributed by atoms with Gasteiger partial charge < -0.3 is 9.47 Å². The molecule has 0 unspecified atom stereocenters. The zero-order valence-corrected chi connectivity index (χ0v) is 9.10.